The Labute approximate surface area is 182 Å². The zero-order valence-corrected chi connectivity index (χ0v) is 17.7. The van der Waals surface area contributed by atoms with Gasteiger partial charge in [0.15, 0.2) is 0 Å². The first-order valence-electron chi connectivity index (χ1n) is 9.80. The number of aromatic nitrogens is 4. The molecule has 5 N–H and O–H groups in total. The number of nitrogens with zero attached hydrogens (tertiary/aromatic N) is 3. The van der Waals surface area contributed by atoms with Crippen LogP contribution in [0, 0.1) is 0 Å². The molecule has 0 aliphatic carbocycles. The molecular formula is C22H21N7OS. The summed E-state index contributed by atoms with van der Waals surface area (Å²) in [7, 11) is 1.66. The van der Waals surface area contributed by atoms with E-state index in [4.69, 9.17) is 10.5 Å². The van der Waals surface area contributed by atoms with E-state index in [1.54, 1.807) is 18.4 Å². The highest BCUT2D eigenvalue weighted by Gasteiger charge is 2.12. The average molecular weight is 432 g/mol. The van der Waals surface area contributed by atoms with Gasteiger partial charge < -0.3 is 21.1 Å². The minimum Gasteiger partial charge on any atom is -0.383 e. The molecule has 0 saturated heterocycles. The summed E-state index contributed by atoms with van der Waals surface area (Å²) < 4.78 is 6.32. The molecule has 9 heteroatoms. The Balaban J connectivity index is 1.51. The van der Waals surface area contributed by atoms with Gasteiger partial charge in [-0.1, -0.05) is 18.2 Å². The van der Waals surface area contributed by atoms with E-state index in [9.17, 15) is 0 Å². The van der Waals surface area contributed by atoms with Crippen LogP contribution in [0.4, 0.5) is 23.3 Å². The third kappa shape index (κ3) is 4.00. The number of methoxy groups -OCH3 is 1. The Kier molecular flexibility index (Phi) is 5.11. The highest BCUT2D eigenvalue weighted by molar-refractivity contribution is 7.22. The van der Waals surface area contributed by atoms with E-state index in [-0.39, 0.29) is 5.95 Å². The lowest BCUT2D eigenvalue weighted by Gasteiger charge is -2.11. The molecule has 0 atom stereocenters. The smallest absolute Gasteiger partial charge is 0.223 e. The van der Waals surface area contributed by atoms with E-state index in [1.165, 1.54) is 15.0 Å². The zero-order chi connectivity index (χ0) is 21.2. The highest BCUT2D eigenvalue weighted by Crippen LogP contribution is 2.38. The van der Waals surface area contributed by atoms with E-state index in [0.717, 1.165) is 22.2 Å². The molecule has 3 heterocycles. The summed E-state index contributed by atoms with van der Waals surface area (Å²) in [6, 6.07) is 16.5. The van der Waals surface area contributed by atoms with Gasteiger partial charge in [-0.15, -0.1) is 11.3 Å². The number of fused-ring (bicyclic) bond motifs is 2. The molecule has 0 spiro atoms. The van der Waals surface area contributed by atoms with Gasteiger partial charge in [-0.2, -0.15) is 15.1 Å². The number of anilines is 4. The van der Waals surface area contributed by atoms with Crippen LogP contribution in [0.2, 0.25) is 0 Å². The molecule has 5 aromatic rings. The van der Waals surface area contributed by atoms with Gasteiger partial charge in [0, 0.05) is 45.9 Å². The Morgan fingerprint density at radius 2 is 1.94 bits per heavy atom. The van der Waals surface area contributed by atoms with Crippen LogP contribution in [-0.4, -0.2) is 40.4 Å². The van der Waals surface area contributed by atoms with Gasteiger partial charge in [-0.3, -0.25) is 5.10 Å². The van der Waals surface area contributed by atoms with Crippen molar-refractivity contribution < 1.29 is 4.74 Å². The molecular weight excluding hydrogens is 410 g/mol. The van der Waals surface area contributed by atoms with Gasteiger partial charge in [-0.05, 0) is 29.7 Å². The van der Waals surface area contributed by atoms with Gasteiger partial charge in [0.25, 0.3) is 0 Å². The van der Waals surface area contributed by atoms with Crippen molar-refractivity contribution in [2.24, 2.45) is 0 Å². The van der Waals surface area contributed by atoms with Crippen molar-refractivity contribution in [1.29, 1.82) is 0 Å². The molecule has 0 bridgehead atoms. The van der Waals surface area contributed by atoms with Crippen LogP contribution < -0.4 is 16.4 Å². The zero-order valence-electron chi connectivity index (χ0n) is 16.8. The predicted octanol–water partition coefficient (Wildman–Crippen LogP) is 4.62. The number of nitrogens with two attached hydrogens (primary N) is 1. The fourth-order valence-electron chi connectivity index (χ4n) is 3.49. The Hall–Kier alpha value is -3.69. The second kappa shape index (κ2) is 8.21. The first-order valence-corrected chi connectivity index (χ1v) is 10.6. The lowest BCUT2D eigenvalue weighted by Crippen LogP contribution is -2.10. The molecule has 0 radical (unpaired) electrons. The van der Waals surface area contributed by atoms with Gasteiger partial charge >= 0.3 is 0 Å². The monoisotopic (exact) mass is 431 g/mol. The van der Waals surface area contributed by atoms with E-state index in [2.05, 4.69) is 67.2 Å². The number of hydrogen-bond acceptors (Lipinski definition) is 8. The number of H-pyrrole nitrogens is 1. The summed E-state index contributed by atoms with van der Waals surface area (Å²) in [4.78, 5) is 9.72. The molecule has 0 fully saturated rings. The maximum Gasteiger partial charge on any atom is 0.223 e. The maximum absolute atomic E-state index is 5.91. The largest absolute Gasteiger partial charge is 0.383 e. The van der Waals surface area contributed by atoms with Gasteiger partial charge in [0.2, 0.25) is 5.95 Å². The van der Waals surface area contributed by atoms with E-state index in [0.29, 0.717) is 24.8 Å². The normalized spacial score (nSPS) is 11.3. The Morgan fingerprint density at radius 1 is 1.06 bits per heavy atom. The fraction of sp³-hybridized carbons (Fsp3) is 0.136. The van der Waals surface area contributed by atoms with Crippen molar-refractivity contribution >= 4 is 55.6 Å². The van der Waals surface area contributed by atoms with Crippen molar-refractivity contribution in [2.75, 3.05) is 36.6 Å². The SMILES string of the molecule is COCCNc1cc(Nc2cc(-c3cc4ccccc4s3)c3[nH]ncc3c2)nc(N)n1. The molecule has 2 aromatic carbocycles. The molecule has 3 aromatic heterocycles. The molecule has 31 heavy (non-hydrogen) atoms. The van der Waals surface area contributed by atoms with Gasteiger partial charge in [-0.25, -0.2) is 0 Å². The molecule has 0 unspecified atom stereocenters. The summed E-state index contributed by atoms with van der Waals surface area (Å²) in [5.74, 6) is 1.44. The lowest BCUT2D eigenvalue weighted by molar-refractivity contribution is 0.210. The number of rotatable bonds is 7. The van der Waals surface area contributed by atoms with Crippen LogP contribution >= 0.6 is 11.3 Å². The predicted molar refractivity (Wildman–Crippen MR) is 127 cm³/mol. The summed E-state index contributed by atoms with van der Waals surface area (Å²) in [5.41, 5.74) is 8.88. The maximum atomic E-state index is 5.91. The van der Waals surface area contributed by atoms with Crippen molar-refractivity contribution in [3.8, 4) is 10.4 Å². The van der Waals surface area contributed by atoms with Crippen LogP contribution in [0.3, 0.4) is 0 Å². The van der Waals surface area contributed by atoms with Crippen molar-refractivity contribution in [3.05, 3.63) is 54.7 Å². The number of aromatic amines is 1. The second-order valence-electron chi connectivity index (χ2n) is 7.05. The number of nitrogens with one attached hydrogen (secondary N) is 3. The van der Waals surface area contributed by atoms with Crippen molar-refractivity contribution in [3.63, 3.8) is 0 Å². The third-order valence-electron chi connectivity index (χ3n) is 4.87. The number of nitrogen functional groups attached to an aromatic ring is 1. The van der Waals surface area contributed by atoms with Gasteiger partial charge in [0.05, 0.1) is 18.3 Å². The third-order valence-corrected chi connectivity index (χ3v) is 6.02. The van der Waals surface area contributed by atoms with E-state index < -0.39 is 0 Å². The molecule has 8 nitrogen and oxygen atoms in total. The molecule has 0 saturated carbocycles. The Bertz CT molecular complexity index is 1330. The molecule has 0 aliphatic rings. The van der Waals surface area contributed by atoms with E-state index in [1.807, 2.05) is 18.3 Å². The quantitative estimate of drug-likeness (QED) is 0.278. The summed E-state index contributed by atoms with van der Waals surface area (Å²) in [6.07, 6.45) is 1.82. The first-order chi connectivity index (χ1) is 15.2. The topological polar surface area (TPSA) is 114 Å². The van der Waals surface area contributed by atoms with Crippen LogP contribution in [0.1, 0.15) is 0 Å². The number of benzene rings is 2. The molecule has 0 amide bonds. The van der Waals surface area contributed by atoms with Gasteiger partial charge in [0.1, 0.15) is 11.6 Å². The number of thiophene rings is 1. The summed E-state index contributed by atoms with van der Waals surface area (Å²) in [5, 5.41) is 16.2. The van der Waals surface area contributed by atoms with Crippen LogP contribution in [0.25, 0.3) is 31.4 Å². The van der Waals surface area contributed by atoms with Crippen molar-refractivity contribution in [1.82, 2.24) is 20.2 Å². The number of ether oxygens (including phenoxy) is 1. The van der Waals surface area contributed by atoms with E-state index >= 15 is 0 Å². The number of hydrogen-bond donors (Lipinski definition) is 4. The lowest BCUT2D eigenvalue weighted by atomic mass is 10.1. The van der Waals surface area contributed by atoms with Crippen LogP contribution in [0.5, 0.6) is 0 Å². The van der Waals surface area contributed by atoms with Crippen LogP contribution in [-0.2, 0) is 4.74 Å². The molecule has 0 aliphatic heterocycles. The standard InChI is InChI=1S/C22H21N7OS/c1-30-7-6-24-19-11-20(28-22(23)27-19)26-15-8-14-12-25-29-21(14)16(10-15)18-9-13-4-2-3-5-17(13)31-18/h2-5,8-12H,6-7H2,1H3,(H,25,29)(H4,23,24,26,27,28). The minimum atomic E-state index is 0.194. The minimum absolute atomic E-state index is 0.194. The second-order valence-corrected chi connectivity index (χ2v) is 8.13. The summed E-state index contributed by atoms with van der Waals surface area (Å²) >= 11 is 1.76. The van der Waals surface area contributed by atoms with Crippen molar-refractivity contribution in [2.45, 2.75) is 0 Å². The van der Waals surface area contributed by atoms with Crippen LogP contribution in [0.15, 0.2) is 54.7 Å². The fourth-order valence-corrected chi connectivity index (χ4v) is 4.57. The Morgan fingerprint density at radius 3 is 2.81 bits per heavy atom. The average Bonchev–Trinajstić information content (AvgIpc) is 3.40. The highest BCUT2D eigenvalue weighted by atomic mass is 32.1. The summed E-state index contributed by atoms with van der Waals surface area (Å²) in [6.45, 7) is 1.20. The molecule has 5 rings (SSSR count). The first kappa shape index (κ1) is 19.3. The molecule has 156 valence electrons.